The highest BCUT2D eigenvalue weighted by molar-refractivity contribution is 6.40. The molecule has 1 amide bonds. The van der Waals surface area contributed by atoms with Crippen LogP contribution in [-0.4, -0.2) is 19.0 Å². The summed E-state index contributed by atoms with van der Waals surface area (Å²) in [5.74, 6) is -1.79. The Morgan fingerprint density at radius 3 is 2.60 bits per heavy atom. The molecule has 1 aromatic carbocycles. The number of aryl methyl sites for hydroxylation is 1. The van der Waals surface area contributed by atoms with Crippen molar-refractivity contribution in [2.75, 3.05) is 12.4 Å². The summed E-state index contributed by atoms with van der Waals surface area (Å²) in [6, 6.07) is 5.16. The maximum Gasteiger partial charge on any atom is 0.396 e. The SMILES string of the molecule is COC(=O)C(=O)Nc1c(C)cccc1Cl. The molecule has 0 aliphatic rings. The molecule has 0 spiro atoms. The van der Waals surface area contributed by atoms with Crippen molar-refractivity contribution in [1.29, 1.82) is 0 Å². The number of amides is 1. The lowest BCUT2D eigenvalue weighted by Crippen LogP contribution is -2.24. The molecule has 1 rings (SSSR count). The molecule has 0 bridgehead atoms. The molecule has 4 nitrogen and oxygen atoms in total. The molecule has 80 valence electrons. The molecule has 0 aromatic heterocycles. The first kappa shape index (κ1) is 11.5. The number of ether oxygens (including phenoxy) is 1. The zero-order chi connectivity index (χ0) is 11.4. The van der Waals surface area contributed by atoms with E-state index in [4.69, 9.17) is 11.6 Å². The van der Waals surface area contributed by atoms with Crippen molar-refractivity contribution in [3.8, 4) is 0 Å². The van der Waals surface area contributed by atoms with E-state index in [1.165, 1.54) is 0 Å². The van der Waals surface area contributed by atoms with Crippen LogP contribution in [0.4, 0.5) is 5.69 Å². The molecule has 1 aromatic rings. The van der Waals surface area contributed by atoms with Gasteiger partial charge in [0, 0.05) is 0 Å². The Morgan fingerprint density at radius 2 is 2.07 bits per heavy atom. The maximum atomic E-state index is 11.2. The Morgan fingerprint density at radius 1 is 1.40 bits per heavy atom. The minimum atomic E-state index is -0.950. The van der Waals surface area contributed by atoms with E-state index in [2.05, 4.69) is 10.1 Å². The highest BCUT2D eigenvalue weighted by Crippen LogP contribution is 2.24. The van der Waals surface area contributed by atoms with E-state index in [0.29, 0.717) is 10.7 Å². The van der Waals surface area contributed by atoms with Crippen LogP contribution in [0, 0.1) is 6.92 Å². The van der Waals surface area contributed by atoms with Crippen molar-refractivity contribution >= 4 is 29.2 Å². The number of nitrogens with one attached hydrogen (secondary N) is 1. The van der Waals surface area contributed by atoms with Gasteiger partial charge in [-0.15, -0.1) is 0 Å². The van der Waals surface area contributed by atoms with Crippen LogP contribution in [0.15, 0.2) is 18.2 Å². The Bertz CT molecular complexity index is 383. The molecule has 5 heteroatoms. The fraction of sp³-hybridized carbons (Fsp3) is 0.200. The highest BCUT2D eigenvalue weighted by atomic mass is 35.5. The lowest BCUT2D eigenvalue weighted by atomic mass is 10.2. The lowest BCUT2D eigenvalue weighted by Gasteiger charge is -2.08. The second kappa shape index (κ2) is 4.79. The van der Waals surface area contributed by atoms with Crippen molar-refractivity contribution < 1.29 is 14.3 Å². The summed E-state index contributed by atoms with van der Waals surface area (Å²) >= 11 is 5.85. The lowest BCUT2D eigenvalue weighted by molar-refractivity contribution is -0.150. The average Bonchev–Trinajstić information content (AvgIpc) is 2.22. The summed E-state index contributed by atoms with van der Waals surface area (Å²) < 4.78 is 4.27. The number of rotatable bonds is 1. The van der Waals surface area contributed by atoms with Gasteiger partial charge in [0.25, 0.3) is 0 Å². The van der Waals surface area contributed by atoms with E-state index in [-0.39, 0.29) is 0 Å². The smallest absolute Gasteiger partial charge is 0.396 e. The molecule has 0 radical (unpaired) electrons. The predicted octanol–water partition coefficient (Wildman–Crippen LogP) is 1.76. The zero-order valence-electron chi connectivity index (χ0n) is 8.33. The summed E-state index contributed by atoms with van der Waals surface area (Å²) in [7, 11) is 1.14. The zero-order valence-corrected chi connectivity index (χ0v) is 9.09. The minimum Gasteiger partial charge on any atom is -0.462 e. The van der Waals surface area contributed by atoms with E-state index < -0.39 is 11.9 Å². The number of benzene rings is 1. The number of halogens is 1. The van der Waals surface area contributed by atoms with Crippen molar-refractivity contribution in [3.05, 3.63) is 28.8 Å². The number of esters is 1. The van der Waals surface area contributed by atoms with E-state index in [0.717, 1.165) is 12.7 Å². The standard InChI is InChI=1S/C10H10ClNO3/c1-6-4-3-5-7(11)8(6)12-9(13)10(14)15-2/h3-5H,1-2H3,(H,12,13). The Hall–Kier alpha value is -1.55. The Labute approximate surface area is 92.2 Å². The van der Waals surface area contributed by atoms with Crippen LogP contribution in [-0.2, 0) is 14.3 Å². The third-order valence-corrected chi connectivity index (χ3v) is 2.15. The number of anilines is 1. The number of hydrogen-bond donors (Lipinski definition) is 1. The van der Waals surface area contributed by atoms with Gasteiger partial charge in [-0.25, -0.2) is 4.79 Å². The molecule has 0 saturated carbocycles. The topological polar surface area (TPSA) is 55.4 Å². The average molecular weight is 228 g/mol. The van der Waals surface area contributed by atoms with Gasteiger partial charge in [-0.3, -0.25) is 4.79 Å². The number of carbonyl (C=O) groups is 2. The first-order valence-corrected chi connectivity index (χ1v) is 4.58. The van der Waals surface area contributed by atoms with Gasteiger partial charge in [0.2, 0.25) is 0 Å². The molecule has 0 saturated heterocycles. The Kier molecular flexibility index (Phi) is 3.68. The van der Waals surface area contributed by atoms with Gasteiger partial charge in [0.05, 0.1) is 17.8 Å². The summed E-state index contributed by atoms with van der Waals surface area (Å²) in [6.07, 6.45) is 0. The summed E-state index contributed by atoms with van der Waals surface area (Å²) in [4.78, 5) is 22.1. The third-order valence-electron chi connectivity index (χ3n) is 1.83. The van der Waals surface area contributed by atoms with Crippen LogP contribution in [0.25, 0.3) is 0 Å². The van der Waals surface area contributed by atoms with Crippen LogP contribution < -0.4 is 5.32 Å². The van der Waals surface area contributed by atoms with Crippen molar-refractivity contribution in [2.24, 2.45) is 0 Å². The number of hydrogen-bond acceptors (Lipinski definition) is 3. The molecule has 0 aliphatic carbocycles. The molecule has 0 unspecified atom stereocenters. The fourth-order valence-electron chi connectivity index (χ4n) is 1.05. The monoisotopic (exact) mass is 227 g/mol. The molecular formula is C10H10ClNO3. The van der Waals surface area contributed by atoms with Gasteiger partial charge in [-0.2, -0.15) is 0 Å². The summed E-state index contributed by atoms with van der Waals surface area (Å²) in [6.45, 7) is 1.78. The van der Waals surface area contributed by atoms with E-state index in [9.17, 15) is 9.59 Å². The summed E-state index contributed by atoms with van der Waals surface area (Å²) in [5.41, 5.74) is 1.20. The van der Waals surface area contributed by atoms with Gasteiger partial charge >= 0.3 is 11.9 Å². The van der Waals surface area contributed by atoms with E-state index >= 15 is 0 Å². The van der Waals surface area contributed by atoms with Crippen molar-refractivity contribution in [1.82, 2.24) is 0 Å². The first-order valence-electron chi connectivity index (χ1n) is 4.20. The minimum absolute atomic E-state index is 0.382. The van der Waals surface area contributed by atoms with Gasteiger partial charge in [0.1, 0.15) is 0 Å². The van der Waals surface area contributed by atoms with Gasteiger partial charge in [-0.1, -0.05) is 23.7 Å². The molecule has 0 aliphatic heterocycles. The number of carbonyl (C=O) groups excluding carboxylic acids is 2. The quantitative estimate of drug-likeness (QED) is 0.588. The van der Waals surface area contributed by atoms with Crippen molar-refractivity contribution in [3.63, 3.8) is 0 Å². The fourth-order valence-corrected chi connectivity index (χ4v) is 1.32. The Balaban J connectivity index is 2.90. The third kappa shape index (κ3) is 2.70. The van der Waals surface area contributed by atoms with Crippen LogP contribution in [0.1, 0.15) is 5.56 Å². The van der Waals surface area contributed by atoms with Gasteiger partial charge in [0.15, 0.2) is 0 Å². The van der Waals surface area contributed by atoms with Crippen LogP contribution >= 0.6 is 11.6 Å². The number of para-hydroxylation sites is 1. The molecular weight excluding hydrogens is 218 g/mol. The van der Waals surface area contributed by atoms with E-state index in [1.54, 1.807) is 25.1 Å². The predicted molar refractivity (Wildman–Crippen MR) is 56.8 cm³/mol. The van der Waals surface area contributed by atoms with Crippen molar-refractivity contribution in [2.45, 2.75) is 6.92 Å². The van der Waals surface area contributed by atoms with Crippen LogP contribution in [0.3, 0.4) is 0 Å². The molecule has 0 heterocycles. The normalized spacial score (nSPS) is 9.53. The van der Waals surface area contributed by atoms with E-state index in [1.807, 2.05) is 0 Å². The molecule has 1 N–H and O–H groups in total. The maximum absolute atomic E-state index is 11.2. The summed E-state index contributed by atoms with van der Waals surface area (Å²) in [5, 5.41) is 2.77. The van der Waals surface area contributed by atoms with Gasteiger partial charge in [-0.05, 0) is 18.6 Å². The van der Waals surface area contributed by atoms with Crippen LogP contribution in [0.5, 0.6) is 0 Å². The highest BCUT2D eigenvalue weighted by Gasteiger charge is 2.16. The van der Waals surface area contributed by atoms with Crippen LogP contribution in [0.2, 0.25) is 5.02 Å². The van der Waals surface area contributed by atoms with Gasteiger partial charge < -0.3 is 10.1 Å². The second-order valence-electron chi connectivity index (χ2n) is 2.88. The largest absolute Gasteiger partial charge is 0.462 e. The molecule has 0 atom stereocenters. The molecule has 0 fully saturated rings. The number of methoxy groups -OCH3 is 1. The molecule has 15 heavy (non-hydrogen) atoms. The first-order chi connectivity index (χ1) is 7.06. The second-order valence-corrected chi connectivity index (χ2v) is 3.28.